The molecule has 0 aromatic heterocycles. The second-order valence-electron chi connectivity index (χ2n) is 4.25. The van der Waals surface area contributed by atoms with Gasteiger partial charge in [-0.25, -0.2) is 9.18 Å². The van der Waals surface area contributed by atoms with E-state index in [2.05, 4.69) is 0 Å². The van der Waals surface area contributed by atoms with Gasteiger partial charge in [0.05, 0.1) is 6.61 Å². The highest BCUT2D eigenvalue weighted by Crippen LogP contribution is 2.29. The van der Waals surface area contributed by atoms with Crippen molar-refractivity contribution in [3.63, 3.8) is 0 Å². The van der Waals surface area contributed by atoms with Gasteiger partial charge < -0.3 is 9.84 Å². The van der Waals surface area contributed by atoms with Crippen LogP contribution in [-0.4, -0.2) is 17.7 Å². The molecule has 0 aliphatic carbocycles. The molecule has 1 atom stereocenters. The van der Waals surface area contributed by atoms with Gasteiger partial charge in [-0.1, -0.05) is 36.4 Å². The molecule has 0 spiro atoms. The number of esters is 1. The van der Waals surface area contributed by atoms with Gasteiger partial charge in [-0.3, -0.25) is 0 Å². The van der Waals surface area contributed by atoms with Crippen LogP contribution in [-0.2, 0) is 9.53 Å². The van der Waals surface area contributed by atoms with Crippen LogP contribution in [0.1, 0.15) is 18.6 Å². The van der Waals surface area contributed by atoms with Gasteiger partial charge in [0.25, 0.3) is 0 Å². The molecule has 0 saturated carbocycles. The number of benzene rings is 2. The first kappa shape index (κ1) is 14.2. The monoisotopic (exact) mass is 274 g/mol. The molecular formula is C16H15FO3. The van der Waals surface area contributed by atoms with Crippen molar-refractivity contribution in [3.05, 3.63) is 59.9 Å². The summed E-state index contributed by atoms with van der Waals surface area (Å²) in [4.78, 5) is 11.6. The highest BCUT2D eigenvalue weighted by Gasteiger charge is 2.22. The predicted molar refractivity (Wildman–Crippen MR) is 73.4 cm³/mol. The van der Waals surface area contributed by atoms with Crippen molar-refractivity contribution < 1.29 is 19.0 Å². The Hall–Kier alpha value is -2.20. The summed E-state index contributed by atoms with van der Waals surface area (Å²) < 4.78 is 18.2. The fourth-order valence-corrected chi connectivity index (χ4v) is 1.98. The van der Waals surface area contributed by atoms with Crippen molar-refractivity contribution in [1.82, 2.24) is 0 Å². The zero-order chi connectivity index (χ0) is 14.5. The quantitative estimate of drug-likeness (QED) is 0.871. The van der Waals surface area contributed by atoms with Gasteiger partial charge in [-0.05, 0) is 35.7 Å². The smallest absolute Gasteiger partial charge is 0.339 e. The lowest BCUT2D eigenvalue weighted by Crippen LogP contribution is -2.16. The van der Waals surface area contributed by atoms with Crippen LogP contribution < -0.4 is 0 Å². The van der Waals surface area contributed by atoms with E-state index in [0.29, 0.717) is 11.1 Å². The summed E-state index contributed by atoms with van der Waals surface area (Å²) in [6, 6.07) is 12.9. The largest absolute Gasteiger partial charge is 0.464 e. The summed E-state index contributed by atoms with van der Waals surface area (Å²) in [6.45, 7) is 1.84. The Bertz CT molecular complexity index is 596. The molecule has 0 aliphatic heterocycles. The summed E-state index contributed by atoms with van der Waals surface area (Å²) in [6.07, 6.45) is -1.43. The highest BCUT2D eigenvalue weighted by atomic mass is 19.1. The number of aliphatic hydroxyl groups excluding tert-OH is 1. The Morgan fingerprint density at radius 1 is 1.25 bits per heavy atom. The first-order chi connectivity index (χ1) is 9.63. The van der Waals surface area contributed by atoms with E-state index in [-0.39, 0.29) is 6.61 Å². The van der Waals surface area contributed by atoms with Gasteiger partial charge in [0.2, 0.25) is 0 Å². The van der Waals surface area contributed by atoms with Crippen LogP contribution in [0, 0.1) is 5.82 Å². The third-order valence-electron chi connectivity index (χ3n) is 2.90. The van der Waals surface area contributed by atoms with E-state index in [9.17, 15) is 14.3 Å². The SMILES string of the molecule is CCOC(=O)C(O)c1ccc(F)cc1-c1ccccc1. The van der Waals surface area contributed by atoms with Crippen LogP contribution in [0.5, 0.6) is 0 Å². The van der Waals surface area contributed by atoms with Crippen molar-refractivity contribution in [2.75, 3.05) is 6.61 Å². The molecule has 104 valence electrons. The molecule has 1 unspecified atom stereocenters. The molecular weight excluding hydrogens is 259 g/mol. The Morgan fingerprint density at radius 2 is 1.95 bits per heavy atom. The second-order valence-corrected chi connectivity index (χ2v) is 4.25. The number of carbonyl (C=O) groups is 1. The van der Waals surface area contributed by atoms with Crippen LogP contribution in [0.4, 0.5) is 4.39 Å². The lowest BCUT2D eigenvalue weighted by atomic mass is 9.96. The second kappa shape index (κ2) is 6.30. The van der Waals surface area contributed by atoms with Crippen LogP contribution >= 0.6 is 0 Å². The number of halogens is 1. The topological polar surface area (TPSA) is 46.5 Å². The standard InChI is InChI=1S/C16H15FO3/c1-2-20-16(19)15(18)13-9-8-12(17)10-14(13)11-6-4-3-5-7-11/h3-10,15,18H,2H2,1H3. The highest BCUT2D eigenvalue weighted by molar-refractivity contribution is 5.81. The van der Waals surface area contributed by atoms with E-state index in [4.69, 9.17) is 4.74 Å². The molecule has 2 aromatic rings. The number of rotatable bonds is 4. The minimum absolute atomic E-state index is 0.178. The molecule has 0 saturated heterocycles. The van der Waals surface area contributed by atoms with Crippen molar-refractivity contribution in [1.29, 1.82) is 0 Å². The molecule has 20 heavy (non-hydrogen) atoms. The Kier molecular flexibility index (Phi) is 4.48. The maximum absolute atomic E-state index is 13.4. The van der Waals surface area contributed by atoms with Crippen molar-refractivity contribution >= 4 is 5.97 Å². The average molecular weight is 274 g/mol. The third-order valence-corrected chi connectivity index (χ3v) is 2.90. The van der Waals surface area contributed by atoms with E-state index in [1.807, 2.05) is 6.07 Å². The maximum atomic E-state index is 13.4. The molecule has 0 bridgehead atoms. The van der Waals surface area contributed by atoms with Crippen molar-refractivity contribution in [2.45, 2.75) is 13.0 Å². The first-order valence-electron chi connectivity index (χ1n) is 6.33. The van der Waals surface area contributed by atoms with Crippen LogP contribution in [0.3, 0.4) is 0 Å². The van der Waals surface area contributed by atoms with Gasteiger partial charge >= 0.3 is 5.97 Å². The van der Waals surface area contributed by atoms with Gasteiger partial charge in [-0.2, -0.15) is 0 Å². The minimum Gasteiger partial charge on any atom is -0.464 e. The fraction of sp³-hybridized carbons (Fsp3) is 0.188. The third kappa shape index (κ3) is 3.03. The van der Waals surface area contributed by atoms with Crippen molar-refractivity contribution in [3.8, 4) is 11.1 Å². The van der Waals surface area contributed by atoms with E-state index in [0.717, 1.165) is 5.56 Å². The number of carbonyl (C=O) groups excluding carboxylic acids is 1. The summed E-state index contributed by atoms with van der Waals surface area (Å²) in [7, 11) is 0. The van der Waals surface area contributed by atoms with E-state index < -0.39 is 17.9 Å². The summed E-state index contributed by atoms with van der Waals surface area (Å²) in [5, 5.41) is 10.1. The number of hydrogen-bond donors (Lipinski definition) is 1. The van der Waals surface area contributed by atoms with Gasteiger partial charge in [-0.15, -0.1) is 0 Å². The van der Waals surface area contributed by atoms with Crippen LogP contribution in [0.25, 0.3) is 11.1 Å². The lowest BCUT2D eigenvalue weighted by Gasteiger charge is -2.15. The average Bonchev–Trinajstić information content (AvgIpc) is 2.47. The fourth-order valence-electron chi connectivity index (χ4n) is 1.98. The van der Waals surface area contributed by atoms with Crippen LogP contribution in [0.15, 0.2) is 48.5 Å². The summed E-state index contributed by atoms with van der Waals surface area (Å²) >= 11 is 0. The molecule has 2 rings (SSSR count). The van der Waals surface area contributed by atoms with E-state index in [1.165, 1.54) is 18.2 Å². The molecule has 2 aromatic carbocycles. The summed E-state index contributed by atoms with van der Waals surface area (Å²) in [5.74, 6) is -1.17. The molecule has 4 heteroatoms. The zero-order valence-corrected chi connectivity index (χ0v) is 11.0. The minimum atomic E-state index is -1.43. The molecule has 0 aliphatic rings. The first-order valence-corrected chi connectivity index (χ1v) is 6.33. The van der Waals surface area contributed by atoms with Crippen LogP contribution in [0.2, 0.25) is 0 Å². The molecule has 0 heterocycles. The van der Waals surface area contributed by atoms with E-state index in [1.54, 1.807) is 31.2 Å². The van der Waals surface area contributed by atoms with Crippen molar-refractivity contribution in [2.24, 2.45) is 0 Å². The zero-order valence-electron chi connectivity index (χ0n) is 11.0. The number of ether oxygens (including phenoxy) is 1. The Morgan fingerprint density at radius 3 is 2.60 bits per heavy atom. The molecule has 0 amide bonds. The van der Waals surface area contributed by atoms with Gasteiger partial charge in [0, 0.05) is 0 Å². The molecule has 3 nitrogen and oxygen atoms in total. The number of hydrogen-bond acceptors (Lipinski definition) is 3. The molecule has 1 N–H and O–H groups in total. The van der Waals surface area contributed by atoms with Gasteiger partial charge in [0.1, 0.15) is 5.82 Å². The normalized spacial score (nSPS) is 11.9. The maximum Gasteiger partial charge on any atom is 0.339 e. The Labute approximate surface area is 116 Å². The predicted octanol–water partition coefficient (Wildman–Crippen LogP) is 3.09. The molecule has 0 fully saturated rings. The van der Waals surface area contributed by atoms with Gasteiger partial charge in [0.15, 0.2) is 6.10 Å². The Balaban J connectivity index is 2.46. The number of aliphatic hydroxyl groups is 1. The molecule has 0 radical (unpaired) electrons. The summed E-state index contributed by atoms with van der Waals surface area (Å²) in [5.41, 5.74) is 1.53. The lowest BCUT2D eigenvalue weighted by molar-refractivity contribution is -0.153. The van der Waals surface area contributed by atoms with E-state index >= 15 is 0 Å².